The van der Waals surface area contributed by atoms with E-state index in [0.29, 0.717) is 0 Å². The fourth-order valence-corrected chi connectivity index (χ4v) is 1.40. The summed E-state index contributed by atoms with van der Waals surface area (Å²) in [6.45, 7) is -0.761. The van der Waals surface area contributed by atoms with Crippen molar-refractivity contribution in [2.45, 2.75) is 6.61 Å². The van der Waals surface area contributed by atoms with Crippen LogP contribution in [0, 0.1) is 15.9 Å². The molecule has 18 heavy (non-hydrogen) atoms. The van der Waals surface area contributed by atoms with Crippen LogP contribution >= 0.6 is 11.6 Å². The van der Waals surface area contributed by atoms with E-state index in [1.165, 1.54) is 7.11 Å². The first-order valence-corrected chi connectivity index (χ1v) is 5.11. The molecule has 0 atom stereocenters. The second-order valence-electron chi connectivity index (χ2n) is 3.19. The Morgan fingerprint density at radius 3 is 2.78 bits per heavy atom. The van der Waals surface area contributed by atoms with Crippen LogP contribution in [-0.2, 0) is 20.9 Å². The van der Waals surface area contributed by atoms with Crippen LogP contribution in [0.5, 0.6) is 0 Å². The van der Waals surface area contributed by atoms with Gasteiger partial charge in [-0.05, 0) is 6.07 Å². The first-order chi connectivity index (χ1) is 8.47. The molecule has 0 aliphatic rings. The number of carbonyl (C=O) groups excluding carboxylic acids is 1. The van der Waals surface area contributed by atoms with Crippen molar-refractivity contribution in [3.8, 4) is 0 Å². The first-order valence-electron chi connectivity index (χ1n) is 4.73. The largest absolute Gasteiger partial charge is 0.467 e. The summed E-state index contributed by atoms with van der Waals surface area (Å²) < 4.78 is 22.4. The predicted octanol–water partition coefficient (Wildman–Crippen LogP) is 2.08. The van der Waals surface area contributed by atoms with Crippen LogP contribution in [0.1, 0.15) is 5.56 Å². The number of methoxy groups -OCH3 is 1. The monoisotopic (exact) mass is 277 g/mol. The molecule has 98 valence electrons. The van der Waals surface area contributed by atoms with Crippen LogP contribution in [0.3, 0.4) is 0 Å². The summed E-state index contributed by atoms with van der Waals surface area (Å²) in [6.07, 6.45) is 0. The normalized spacial score (nSPS) is 10.2. The maximum absolute atomic E-state index is 13.2. The highest BCUT2D eigenvalue weighted by molar-refractivity contribution is 6.31. The molecule has 0 amide bonds. The molecule has 0 spiro atoms. The Labute approximate surface area is 106 Å². The molecule has 0 aromatic heterocycles. The zero-order chi connectivity index (χ0) is 13.7. The van der Waals surface area contributed by atoms with E-state index in [-0.39, 0.29) is 17.9 Å². The molecule has 0 aliphatic carbocycles. The van der Waals surface area contributed by atoms with Crippen LogP contribution in [0.2, 0.25) is 5.02 Å². The molecule has 0 saturated heterocycles. The quantitative estimate of drug-likeness (QED) is 0.468. The second kappa shape index (κ2) is 6.27. The van der Waals surface area contributed by atoms with Gasteiger partial charge in [-0.25, -0.2) is 9.18 Å². The van der Waals surface area contributed by atoms with E-state index >= 15 is 0 Å². The Hall–Kier alpha value is -1.73. The van der Waals surface area contributed by atoms with E-state index in [0.717, 1.165) is 12.1 Å². The van der Waals surface area contributed by atoms with Crippen molar-refractivity contribution in [1.29, 1.82) is 0 Å². The molecular weight excluding hydrogens is 269 g/mol. The van der Waals surface area contributed by atoms with Crippen LogP contribution < -0.4 is 0 Å². The number of esters is 1. The van der Waals surface area contributed by atoms with Gasteiger partial charge in [0.1, 0.15) is 12.4 Å². The van der Waals surface area contributed by atoms with Crippen molar-refractivity contribution in [2.75, 3.05) is 13.7 Å². The number of hydrogen-bond donors (Lipinski definition) is 0. The summed E-state index contributed by atoms with van der Waals surface area (Å²) in [4.78, 5) is 20.8. The summed E-state index contributed by atoms with van der Waals surface area (Å²) in [5.74, 6) is -1.44. The minimum absolute atomic E-state index is 0.120. The molecule has 1 aromatic rings. The number of ether oxygens (including phenoxy) is 2. The van der Waals surface area contributed by atoms with Gasteiger partial charge >= 0.3 is 5.97 Å². The molecular formula is C10H9ClFNO5. The Balaban J connectivity index is 2.89. The number of carbonyl (C=O) groups is 1. The lowest BCUT2D eigenvalue weighted by atomic mass is 10.2. The summed E-state index contributed by atoms with van der Waals surface area (Å²) in [6, 6.07) is 1.88. The lowest BCUT2D eigenvalue weighted by Gasteiger charge is -2.06. The van der Waals surface area contributed by atoms with E-state index in [1.807, 2.05) is 0 Å². The van der Waals surface area contributed by atoms with Gasteiger partial charge in [-0.3, -0.25) is 10.1 Å². The molecule has 0 saturated carbocycles. The summed E-state index contributed by atoms with van der Waals surface area (Å²) in [5.41, 5.74) is -0.489. The Kier molecular flexibility index (Phi) is 4.99. The van der Waals surface area contributed by atoms with Crippen LogP contribution in [0.15, 0.2) is 12.1 Å². The van der Waals surface area contributed by atoms with Gasteiger partial charge in [0.05, 0.1) is 29.2 Å². The Morgan fingerprint density at radius 1 is 1.56 bits per heavy atom. The Bertz CT molecular complexity index is 480. The van der Waals surface area contributed by atoms with Gasteiger partial charge in [0.25, 0.3) is 5.69 Å². The molecule has 0 bridgehead atoms. The molecule has 0 heterocycles. The number of nitro benzene ring substituents is 1. The summed E-state index contributed by atoms with van der Waals surface area (Å²) in [5, 5.41) is 10.3. The van der Waals surface area contributed by atoms with Crippen molar-refractivity contribution >= 4 is 23.3 Å². The minimum Gasteiger partial charge on any atom is -0.467 e. The van der Waals surface area contributed by atoms with Crippen molar-refractivity contribution in [3.63, 3.8) is 0 Å². The number of rotatable bonds is 5. The number of benzene rings is 1. The molecule has 0 N–H and O–H groups in total. The van der Waals surface area contributed by atoms with E-state index in [1.54, 1.807) is 0 Å². The van der Waals surface area contributed by atoms with Crippen molar-refractivity contribution in [1.82, 2.24) is 0 Å². The van der Waals surface area contributed by atoms with E-state index in [9.17, 15) is 19.3 Å². The zero-order valence-electron chi connectivity index (χ0n) is 9.31. The predicted molar refractivity (Wildman–Crippen MR) is 59.7 cm³/mol. The average molecular weight is 278 g/mol. The van der Waals surface area contributed by atoms with Crippen molar-refractivity contribution in [2.24, 2.45) is 0 Å². The van der Waals surface area contributed by atoms with Gasteiger partial charge in [-0.2, -0.15) is 0 Å². The van der Waals surface area contributed by atoms with Crippen molar-refractivity contribution < 1.29 is 23.6 Å². The third-order valence-electron chi connectivity index (χ3n) is 2.06. The lowest BCUT2D eigenvalue weighted by Crippen LogP contribution is -2.11. The standard InChI is InChI=1S/C10H9ClFNO5/c1-17-9(14)5-18-4-6-8(13(15)16)3-2-7(12)10(6)11/h2-3H,4-5H2,1H3. The number of hydrogen-bond acceptors (Lipinski definition) is 5. The van der Waals surface area contributed by atoms with Gasteiger partial charge < -0.3 is 9.47 Å². The highest BCUT2D eigenvalue weighted by Gasteiger charge is 2.20. The van der Waals surface area contributed by atoms with Gasteiger partial charge in [-0.15, -0.1) is 0 Å². The lowest BCUT2D eigenvalue weighted by molar-refractivity contribution is -0.386. The third kappa shape index (κ3) is 3.38. The topological polar surface area (TPSA) is 78.7 Å². The fraction of sp³-hybridized carbons (Fsp3) is 0.300. The van der Waals surface area contributed by atoms with E-state index in [4.69, 9.17) is 16.3 Å². The highest BCUT2D eigenvalue weighted by atomic mass is 35.5. The number of halogens is 2. The van der Waals surface area contributed by atoms with Crippen LogP contribution in [0.25, 0.3) is 0 Å². The molecule has 8 heteroatoms. The molecule has 0 aliphatic heterocycles. The van der Waals surface area contributed by atoms with Gasteiger partial charge in [0, 0.05) is 6.07 Å². The maximum Gasteiger partial charge on any atom is 0.331 e. The highest BCUT2D eigenvalue weighted by Crippen LogP contribution is 2.29. The van der Waals surface area contributed by atoms with Crippen LogP contribution in [0.4, 0.5) is 10.1 Å². The maximum atomic E-state index is 13.2. The number of nitro groups is 1. The summed E-state index contributed by atoms with van der Waals surface area (Å²) in [7, 11) is 1.17. The smallest absolute Gasteiger partial charge is 0.331 e. The minimum atomic E-state index is -0.793. The van der Waals surface area contributed by atoms with E-state index < -0.39 is 28.3 Å². The second-order valence-corrected chi connectivity index (χ2v) is 3.56. The summed E-state index contributed by atoms with van der Waals surface area (Å²) >= 11 is 5.62. The Morgan fingerprint density at radius 2 is 2.22 bits per heavy atom. The average Bonchev–Trinajstić information content (AvgIpc) is 2.33. The molecule has 0 unspecified atom stereocenters. The van der Waals surface area contributed by atoms with Crippen molar-refractivity contribution in [3.05, 3.63) is 38.7 Å². The SMILES string of the molecule is COC(=O)COCc1c([N+](=O)[O-])ccc(F)c1Cl. The molecule has 0 fully saturated rings. The van der Waals surface area contributed by atoms with Gasteiger partial charge in [0.2, 0.25) is 0 Å². The molecule has 1 rings (SSSR count). The third-order valence-corrected chi connectivity index (χ3v) is 2.47. The van der Waals surface area contributed by atoms with Gasteiger partial charge in [-0.1, -0.05) is 11.6 Å². The molecule has 0 radical (unpaired) electrons. The molecule has 6 nitrogen and oxygen atoms in total. The zero-order valence-corrected chi connectivity index (χ0v) is 10.1. The number of nitrogens with zero attached hydrogens (tertiary/aromatic N) is 1. The first kappa shape index (κ1) is 14.3. The molecule has 1 aromatic carbocycles. The fourth-order valence-electron chi connectivity index (χ4n) is 1.19. The van der Waals surface area contributed by atoms with E-state index in [2.05, 4.69) is 4.74 Å². The van der Waals surface area contributed by atoms with Gasteiger partial charge in [0.15, 0.2) is 0 Å². The van der Waals surface area contributed by atoms with Crippen LogP contribution in [-0.4, -0.2) is 24.6 Å².